The number of nitrogens with two attached hydrogens (primary N) is 1. The molecule has 17 heavy (non-hydrogen) atoms. The molecule has 1 aliphatic rings. The van der Waals surface area contributed by atoms with Crippen LogP contribution in [0.2, 0.25) is 0 Å². The van der Waals surface area contributed by atoms with Gasteiger partial charge < -0.3 is 20.1 Å². The molecule has 0 radical (unpaired) electrons. The molecular weight excluding hydrogens is 220 g/mol. The summed E-state index contributed by atoms with van der Waals surface area (Å²) >= 11 is 0. The van der Waals surface area contributed by atoms with Crippen molar-refractivity contribution in [2.75, 3.05) is 40.5 Å². The van der Waals surface area contributed by atoms with Crippen LogP contribution in [0.4, 0.5) is 0 Å². The van der Waals surface area contributed by atoms with Crippen molar-refractivity contribution >= 4 is 5.91 Å². The largest absolute Gasteiger partial charge is 0.384 e. The first kappa shape index (κ1) is 14.4. The molecule has 0 aromatic rings. The summed E-state index contributed by atoms with van der Waals surface area (Å²) in [5.74, 6) is -0.00804. The fourth-order valence-corrected chi connectivity index (χ4v) is 2.25. The number of rotatable bonds is 5. The summed E-state index contributed by atoms with van der Waals surface area (Å²) in [5, 5.41) is 0. The van der Waals surface area contributed by atoms with E-state index in [9.17, 15) is 4.79 Å². The zero-order chi connectivity index (χ0) is 12.9. The van der Waals surface area contributed by atoms with Crippen LogP contribution in [-0.2, 0) is 14.3 Å². The van der Waals surface area contributed by atoms with Crippen molar-refractivity contribution in [2.45, 2.75) is 25.8 Å². The molecular formula is C12H24N2O3. The second kappa shape index (κ2) is 6.33. The van der Waals surface area contributed by atoms with E-state index in [1.165, 1.54) is 0 Å². The second-order valence-corrected chi connectivity index (χ2v) is 5.13. The Hall–Kier alpha value is -0.650. The zero-order valence-electron chi connectivity index (χ0n) is 11.1. The summed E-state index contributed by atoms with van der Waals surface area (Å²) < 4.78 is 10.1. The summed E-state index contributed by atoms with van der Waals surface area (Å²) in [6, 6.07) is -0.535. The van der Waals surface area contributed by atoms with Gasteiger partial charge in [0.05, 0.1) is 13.2 Å². The first-order valence-corrected chi connectivity index (χ1v) is 6.04. The van der Waals surface area contributed by atoms with Crippen molar-refractivity contribution in [1.82, 2.24) is 4.90 Å². The molecule has 1 heterocycles. The molecule has 1 atom stereocenters. The van der Waals surface area contributed by atoms with E-state index in [1.54, 1.807) is 14.2 Å². The summed E-state index contributed by atoms with van der Waals surface area (Å²) in [5.41, 5.74) is 5.94. The van der Waals surface area contributed by atoms with Gasteiger partial charge in [-0.3, -0.25) is 4.79 Å². The van der Waals surface area contributed by atoms with Crippen LogP contribution >= 0.6 is 0 Å². The van der Waals surface area contributed by atoms with E-state index in [1.807, 2.05) is 4.90 Å². The third kappa shape index (κ3) is 3.94. The topological polar surface area (TPSA) is 64.8 Å². The summed E-state index contributed by atoms with van der Waals surface area (Å²) in [4.78, 5) is 13.8. The normalized spacial score (nSPS) is 21.3. The summed E-state index contributed by atoms with van der Waals surface area (Å²) in [6.45, 7) is 4.75. The van der Waals surface area contributed by atoms with Crippen LogP contribution in [-0.4, -0.2) is 57.4 Å². The van der Waals surface area contributed by atoms with E-state index >= 15 is 0 Å². The Morgan fingerprint density at radius 2 is 1.94 bits per heavy atom. The van der Waals surface area contributed by atoms with E-state index in [2.05, 4.69) is 6.92 Å². The van der Waals surface area contributed by atoms with Crippen molar-refractivity contribution < 1.29 is 14.3 Å². The number of hydrogen-bond donors (Lipinski definition) is 1. The van der Waals surface area contributed by atoms with Crippen molar-refractivity contribution in [3.8, 4) is 0 Å². The van der Waals surface area contributed by atoms with Crippen LogP contribution in [0, 0.1) is 5.41 Å². The Kier molecular flexibility index (Phi) is 5.36. The number of nitrogens with zero attached hydrogens (tertiary/aromatic N) is 1. The SMILES string of the molecule is COCC(N)C(=O)N1CCC(C)(COC)CC1. The van der Waals surface area contributed by atoms with E-state index in [0.29, 0.717) is 0 Å². The predicted octanol–water partition coefficient (Wildman–Crippen LogP) is 0.235. The molecule has 1 saturated heterocycles. The number of likely N-dealkylation sites (tertiary alicyclic amines) is 1. The van der Waals surface area contributed by atoms with Gasteiger partial charge in [0.25, 0.3) is 0 Å². The predicted molar refractivity (Wildman–Crippen MR) is 65.6 cm³/mol. The molecule has 0 aliphatic carbocycles. The number of carbonyl (C=O) groups is 1. The standard InChI is InChI=1S/C12H24N2O3/c1-12(9-17-3)4-6-14(7-5-12)11(15)10(13)8-16-2/h10H,4-9,13H2,1-3H3. The van der Waals surface area contributed by atoms with Crippen LogP contribution in [0.15, 0.2) is 0 Å². The summed E-state index contributed by atoms with van der Waals surface area (Å²) in [6.07, 6.45) is 1.93. The van der Waals surface area contributed by atoms with Crippen molar-refractivity contribution in [3.05, 3.63) is 0 Å². The van der Waals surface area contributed by atoms with Crippen molar-refractivity contribution in [2.24, 2.45) is 11.1 Å². The van der Waals surface area contributed by atoms with Crippen LogP contribution in [0.3, 0.4) is 0 Å². The van der Waals surface area contributed by atoms with Crippen LogP contribution in [0.5, 0.6) is 0 Å². The van der Waals surface area contributed by atoms with E-state index < -0.39 is 6.04 Å². The van der Waals surface area contributed by atoms with E-state index in [-0.39, 0.29) is 17.9 Å². The lowest BCUT2D eigenvalue weighted by Gasteiger charge is -2.39. The van der Waals surface area contributed by atoms with E-state index in [4.69, 9.17) is 15.2 Å². The molecule has 0 aromatic carbocycles. The minimum atomic E-state index is -0.535. The minimum Gasteiger partial charge on any atom is -0.384 e. The highest BCUT2D eigenvalue weighted by Crippen LogP contribution is 2.31. The van der Waals surface area contributed by atoms with Crippen LogP contribution in [0.25, 0.3) is 0 Å². The number of piperidine rings is 1. The fraction of sp³-hybridized carbons (Fsp3) is 0.917. The van der Waals surface area contributed by atoms with Gasteiger partial charge in [-0.2, -0.15) is 0 Å². The molecule has 1 rings (SSSR count). The maximum absolute atomic E-state index is 11.9. The molecule has 0 spiro atoms. The van der Waals surface area contributed by atoms with Gasteiger partial charge in [0.15, 0.2) is 0 Å². The lowest BCUT2D eigenvalue weighted by Crippen LogP contribution is -2.51. The zero-order valence-corrected chi connectivity index (χ0v) is 11.1. The lowest BCUT2D eigenvalue weighted by molar-refractivity contribution is -0.136. The van der Waals surface area contributed by atoms with Crippen molar-refractivity contribution in [1.29, 1.82) is 0 Å². The highest BCUT2D eigenvalue weighted by atomic mass is 16.5. The first-order chi connectivity index (χ1) is 8.02. The third-order valence-electron chi connectivity index (χ3n) is 3.44. The Labute approximate surface area is 103 Å². The van der Waals surface area contributed by atoms with E-state index in [0.717, 1.165) is 32.5 Å². The van der Waals surface area contributed by atoms with Gasteiger partial charge >= 0.3 is 0 Å². The minimum absolute atomic E-state index is 0.00804. The second-order valence-electron chi connectivity index (χ2n) is 5.13. The molecule has 0 bridgehead atoms. The fourth-order valence-electron chi connectivity index (χ4n) is 2.25. The lowest BCUT2D eigenvalue weighted by atomic mass is 9.81. The van der Waals surface area contributed by atoms with Gasteiger partial charge in [-0.05, 0) is 18.3 Å². The van der Waals surface area contributed by atoms with Crippen molar-refractivity contribution in [3.63, 3.8) is 0 Å². The first-order valence-electron chi connectivity index (χ1n) is 6.04. The Bertz CT molecular complexity index is 250. The highest BCUT2D eigenvalue weighted by molar-refractivity contribution is 5.81. The monoisotopic (exact) mass is 244 g/mol. The van der Waals surface area contributed by atoms with Gasteiger partial charge in [0, 0.05) is 27.3 Å². The summed E-state index contributed by atoms with van der Waals surface area (Å²) in [7, 11) is 3.27. The maximum atomic E-state index is 11.9. The van der Waals surface area contributed by atoms with Gasteiger partial charge in [0.2, 0.25) is 5.91 Å². The number of methoxy groups -OCH3 is 2. The Balaban J connectivity index is 2.43. The van der Waals surface area contributed by atoms with Crippen LogP contribution < -0.4 is 5.73 Å². The maximum Gasteiger partial charge on any atom is 0.241 e. The van der Waals surface area contributed by atoms with Gasteiger partial charge in [-0.1, -0.05) is 6.92 Å². The molecule has 1 aliphatic heterocycles. The Morgan fingerprint density at radius 3 is 2.41 bits per heavy atom. The van der Waals surface area contributed by atoms with Gasteiger partial charge in [-0.25, -0.2) is 0 Å². The number of amides is 1. The number of ether oxygens (including phenoxy) is 2. The smallest absolute Gasteiger partial charge is 0.241 e. The third-order valence-corrected chi connectivity index (χ3v) is 3.44. The molecule has 1 unspecified atom stereocenters. The molecule has 2 N–H and O–H groups in total. The van der Waals surface area contributed by atoms with Gasteiger partial charge in [0.1, 0.15) is 6.04 Å². The number of hydrogen-bond acceptors (Lipinski definition) is 4. The quantitative estimate of drug-likeness (QED) is 0.752. The molecule has 5 nitrogen and oxygen atoms in total. The molecule has 1 amide bonds. The molecule has 0 aromatic heterocycles. The molecule has 100 valence electrons. The van der Waals surface area contributed by atoms with Gasteiger partial charge in [-0.15, -0.1) is 0 Å². The van der Waals surface area contributed by atoms with Crippen LogP contribution in [0.1, 0.15) is 19.8 Å². The highest BCUT2D eigenvalue weighted by Gasteiger charge is 2.33. The molecule has 0 saturated carbocycles. The average molecular weight is 244 g/mol. The molecule has 5 heteroatoms. The average Bonchev–Trinajstić information content (AvgIpc) is 2.29. The molecule has 1 fully saturated rings. The number of carbonyl (C=O) groups excluding carboxylic acids is 1. The Morgan fingerprint density at radius 1 is 1.35 bits per heavy atom.